The first-order valence-electron chi connectivity index (χ1n) is 10.7. The summed E-state index contributed by atoms with van der Waals surface area (Å²) in [6.45, 7) is 1.90. The lowest BCUT2D eigenvalue weighted by Crippen LogP contribution is -2.31. The van der Waals surface area contributed by atoms with Gasteiger partial charge in [-0.25, -0.2) is 0 Å². The molecule has 1 N–H and O–H groups in total. The molecule has 0 radical (unpaired) electrons. The fraction of sp³-hybridized carbons (Fsp3) is 0.591. The largest absolute Gasteiger partial charge is 0.405 e. The van der Waals surface area contributed by atoms with Crippen LogP contribution in [0.4, 0.5) is 6.01 Å². The molecule has 1 aliphatic carbocycles. The van der Waals surface area contributed by atoms with E-state index in [1.54, 1.807) is 0 Å². The van der Waals surface area contributed by atoms with Gasteiger partial charge in [-0.1, -0.05) is 54.7 Å². The van der Waals surface area contributed by atoms with Gasteiger partial charge in [0, 0.05) is 19.5 Å². The van der Waals surface area contributed by atoms with Crippen LogP contribution in [0.15, 0.2) is 34.7 Å². The van der Waals surface area contributed by atoms with E-state index in [2.05, 4.69) is 20.4 Å². The third-order valence-electron chi connectivity index (χ3n) is 5.94. The third kappa shape index (κ3) is 4.72. The van der Waals surface area contributed by atoms with E-state index in [9.17, 15) is 4.79 Å². The molecule has 6 heteroatoms. The van der Waals surface area contributed by atoms with Crippen LogP contribution >= 0.6 is 0 Å². The second-order valence-corrected chi connectivity index (χ2v) is 8.09. The van der Waals surface area contributed by atoms with Gasteiger partial charge in [0.25, 0.3) is 0 Å². The minimum Gasteiger partial charge on any atom is -0.405 e. The number of benzene rings is 1. The fourth-order valence-electron chi connectivity index (χ4n) is 4.36. The number of amides is 1. The molecule has 1 aromatic heterocycles. The molecule has 2 fully saturated rings. The molecular weight excluding hydrogens is 352 g/mol. The van der Waals surface area contributed by atoms with Crippen LogP contribution in [0.5, 0.6) is 0 Å². The Morgan fingerprint density at radius 2 is 1.75 bits per heavy atom. The molecule has 2 heterocycles. The molecular formula is C22H30N4O2. The van der Waals surface area contributed by atoms with Crippen molar-refractivity contribution >= 4 is 11.9 Å². The van der Waals surface area contributed by atoms with E-state index in [1.165, 1.54) is 25.7 Å². The zero-order valence-electron chi connectivity index (χ0n) is 16.5. The number of nitrogens with zero attached hydrogens (tertiary/aromatic N) is 3. The van der Waals surface area contributed by atoms with Crippen LogP contribution in [-0.2, 0) is 4.79 Å². The normalized spacial score (nSPS) is 19.4. The maximum Gasteiger partial charge on any atom is 0.318 e. The monoisotopic (exact) mass is 382 g/mol. The first-order valence-corrected chi connectivity index (χ1v) is 10.7. The first-order chi connectivity index (χ1) is 13.8. The molecule has 1 atom stereocenters. The van der Waals surface area contributed by atoms with Gasteiger partial charge in [0.2, 0.25) is 11.8 Å². The molecule has 150 valence electrons. The third-order valence-corrected chi connectivity index (χ3v) is 5.94. The number of anilines is 1. The molecule has 1 aromatic carbocycles. The highest BCUT2D eigenvalue weighted by Crippen LogP contribution is 2.28. The Kier molecular flexibility index (Phi) is 6.24. The number of hydrogen-bond acceptors (Lipinski definition) is 5. The SMILES string of the molecule is O=C(CC1CCCCC1)NC(c1ccccc1)c1nnc(N2CCCCC2)o1. The minimum absolute atomic E-state index is 0.0680. The van der Waals surface area contributed by atoms with Crippen molar-refractivity contribution in [2.75, 3.05) is 18.0 Å². The van der Waals surface area contributed by atoms with Gasteiger partial charge in [-0.3, -0.25) is 4.79 Å². The van der Waals surface area contributed by atoms with Gasteiger partial charge in [0.15, 0.2) is 0 Å². The second-order valence-electron chi connectivity index (χ2n) is 8.09. The van der Waals surface area contributed by atoms with E-state index < -0.39 is 6.04 Å². The van der Waals surface area contributed by atoms with Crippen molar-refractivity contribution in [2.24, 2.45) is 5.92 Å². The van der Waals surface area contributed by atoms with Crippen LogP contribution in [0.1, 0.15) is 75.3 Å². The number of rotatable bonds is 6. The van der Waals surface area contributed by atoms with Gasteiger partial charge in [-0.2, -0.15) is 0 Å². The summed E-state index contributed by atoms with van der Waals surface area (Å²) in [5, 5.41) is 11.7. The van der Waals surface area contributed by atoms with Gasteiger partial charge in [0.1, 0.15) is 6.04 Å². The van der Waals surface area contributed by atoms with E-state index >= 15 is 0 Å². The summed E-state index contributed by atoms with van der Waals surface area (Å²) in [5.74, 6) is 1.03. The molecule has 1 aliphatic heterocycles. The van der Waals surface area contributed by atoms with Crippen molar-refractivity contribution in [3.63, 3.8) is 0 Å². The smallest absolute Gasteiger partial charge is 0.318 e. The average molecular weight is 383 g/mol. The van der Waals surface area contributed by atoms with Crippen LogP contribution < -0.4 is 10.2 Å². The van der Waals surface area contributed by atoms with Crippen molar-refractivity contribution in [1.82, 2.24) is 15.5 Å². The van der Waals surface area contributed by atoms with Gasteiger partial charge in [0.05, 0.1) is 0 Å². The van der Waals surface area contributed by atoms with E-state index in [-0.39, 0.29) is 5.91 Å². The number of carbonyl (C=O) groups is 1. The molecule has 2 aliphatic rings. The predicted octanol–water partition coefficient (Wildman–Crippen LogP) is 4.24. The Labute approximate surface area is 166 Å². The van der Waals surface area contributed by atoms with Crippen LogP contribution in [0, 0.1) is 5.92 Å². The molecule has 1 saturated heterocycles. The summed E-state index contributed by atoms with van der Waals surface area (Å²) in [5.41, 5.74) is 0.966. The maximum absolute atomic E-state index is 12.8. The quantitative estimate of drug-likeness (QED) is 0.809. The minimum atomic E-state index is -0.400. The summed E-state index contributed by atoms with van der Waals surface area (Å²) in [6.07, 6.45) is 10.2. The molecule has 1 amide bonds. The summed E-state index contributed by atoms with van der Waals surface area (Å²) >= 11 is 0. The Bertz CT molecular complexity index is 749. The summed E-state index contributed by atoms with van der Waals surface area (Å²) in [6, 6.07) is 10.1. The molecule has 1 saturated carbocycles. The van der Waals surface area contributed by atoms with Gasteiger partial charge in [-0.15, -0.1) is 5.10 Å². The lowest BCUT2D eigenvalue weighted by Gasteiger charge is -2.24. The molecule has 4 rings (SSSR count). The average Bonchev–Trinajstić information content (AvgIpc) is 3.24. The summed E-state index contributed by atoms with van der Waals surface area (Å²) in [4.78, 5) is 14.9. The zero-order valence-corrected chi connectivity index (χ0v) is 16.5. The van der Waals surface area contributed by atoms with E-state index in [4.69, 9.17) is 4.42 Å². The van der Waals surface area contributed by atoms with Crippen LogP contribution in [0.2, 0.25) is 0 Å². The Morgan fingerprint density at radius 1 is 1.04 bits per heavy atom. The second kappa shape index (κ2) is 9.22. The summed E-state index contributed by atoms with van der Waals surface area (Å²) in [7, 11) is 0. The Balaban J connectivity index is 1.49. The Morgan fingerprint density at radius 3 is 2.50 bits per heavy atom. The first kappa shape index (κ1) is 19.0. The van der Waals surface area contributed by atoms with Crippen molar-refractivity contribution in [3.8, 4) is 0 Å². The molecule has 1 unspecified atom stereocenters. The molecule has 28 heavy (non-hydrogen) atoms. The number of piperidine rings is 1. The van der Waals surface area contributed by atoms with Crippen molar-refractivity contribution in [1.29, 1.82) is 0 Å². The summed E-state index contributed by atoms with van der Waals surface area (Å²) < 4.78 is 6.02. The molecule has 2 aromatic rings. The van der Waals surface area contributed by atoms with Crippen LogP contribution in [0.25, 0.3) is 0 Å². The highest BCUT2D eigenvalue weighted by molar-refractivity contribution is 5.77. The predicted molar refractivity (Wildman–Crippen MR) is 108 cm³/mol. The lowest BCUT2D eigenvalue weighted by molar-refractivity contribution is -0.122. The number of hydrogen-bond donors (Lipinski definition) is 1. The van der Waals surface area contributed by atoms with E-state index in [0.717, 1.165) is 44.3 Å². The van der Waals surface area contributed by atoms with Crippen LogP contribution in [0.3, 0.4) is 0 Å². The highest BCUT2D eigenvalue weighted by Gasteiger charge is 2.26. The van der Waals surface area contributed by atoms with E-state index in [0.29, 0.717) is 24.2 Å². The number of aromatic nitrogens is 2. The van der Waals surface area contributed by atoms with Gasteiger partial charge >= 0.3 is 6.01 Å². The molecule has 0 spiro atoms. The maximum atomic E-state index is 12.8. The van der Waals surface area contributed by atoms with E-state index in [1.807, 2.05) is 30.3 Å². The van der Waals surface area contributed by atoms with Crippen molar-refractivity contribution in [3.05, 3.63) is 41.8 Å². The lowest BCUT2D eigenvalue weighted by atomic mass is 9.87. The Hall–Kier alpha value is -2.37. The van der Waals surface area contributed by atoms with Crippen molar-refractivity contribution < 1.29 is 9.21 Å². The number of carbonyl (C=O) groups excluding carboxylic acids is 1. The van der Waals surface area contributed by atoms with Gasteiger partial charge < -0.3 is 14.6 Å². The molecule has 6 nitrogen and oxygen atoms in total. The number of nitrogens with one attached hydrogen (secondary N) is 1. The molecule has 0 bridgehead atoms. The topological polar surface area (TPSA) is 71.3 Å². The zero-order chi connectivity index (χ0) is 19.2. The highest BCUT2D eigenvalue weighted by atomic mass is 16.4. The fourth-order valence-corrected chi connectivity index (χ4v) is 4.36. The standard InChI is InChI=1S/C22H30N4O2/c27-19(16-17-10-4-1-5-11-17)23-20(18-12-6-2-7-13-18)21-24-25-22(28-21)26-14-8-3-9-15-26/h2,6-7,12-13,17,20H,1,3-5,8-11,14-16H2,(H,23,27). The van der Waals surface area contributed by atoms with Crippen molar-refractivity contribution in [2.45, 2.75) is 63.8 Å². The van der Waals surface area contributed by atoms with Crippen LogP contribution in [-0.4, -0.2) is 29.2 Å². The van der Waals surface area contributed by atoms with Gasteiger partial charge in [-0.05, 0) is 43.6 Å².